The van der Waals surface area contributed by atoms with Crippen molar-refractivity contribution in [2.75, 3.05) is 12.8 Å². The third kappa shape index (κ3) is 7.65. The number of halogens is 1. The van der Waals surface area contributed by atoms with E-state index >= 15 is 0 Å². The molecular weight excluding hydrogens is 452 g/mol. The fourth-order valence-corrected chi connectivity index (χ4v) is 4.66. The molecule has 172 valence electrons. The maximum atomic E-state index is 13.4. The number of carbonyl (C=O) groups is 2. The summed E-state index contributed by atoms with van der Waals surface area (Å²) in [6.45, 7) is 2.37. The maximum absolute atomic E-state index is 13.4. The van der Waals surface area contributed by atoms with Crippen LogP contribution in [0.2, 0.25) is 5.02 Å². The van der Waals surface area contributed by atoms with Crippen molar-refractivity contribution in [1.29, 1.82) is 0 Å². The first-order valence-corrected chi connectivity index (χ1v) is 12.4. The number of amides is 2. The molecule has 1 atom stereocenters. The van der Waals surface area contributed by atoms with Gasteiger partial charge in [0.15, 0.2) is 0 Å². The van der Waals surface area contributed by atoms with Gasteiger partial charge in [-0.05, 0) is 35.7 Å². The number of likely N-dealkylation sites (N-methyl/N-ethyl adjacent to an activating group) is 1. The Morgan fingerprint density at radius 2 is 1.64 bits per heavy atom. The molecule has 0 heterocycles. The molecule has 0 aliphatic rings. The van der Waals surface area contributed by atoms with Crippen LogP contribution in [0.25, 0.3) is 0 Å². The molecule has 1 N–H and O–H groups in total. The second kappa shape index (κ2) is 12.5. The second-order valence-corrected chi connectivity index (χ2v) is 9.37. The summed E-state index contributed by atoms with van der Waals surface area (Å²) in [5.74, 6) is 0.770. The standard InChI is InChI=1S/C27H29ClN2O2S/c1-20-11-13-22(14-12-20)18-33-19-26(31)30(17-23-9-6-10-24(28)15-23)25(27(32)29-2)16-21-7-4-3-5-8-21/h3-15,25H,16-19H2,1-2H3,(H,29,32). The molecule has 0 aromatic heterocycles. The van der Waals surface area contributed by atoms with Crippen LogP contribution in [0.5, 0.6) is 0 Å². The molecule has 3 aromatic rings. The number of thioether (sulfide) groups is 1. The van der Waals surface area contributed by atoms with E-state index in [1.807, 2.05) is 48.5 Å². The van der Waals surface area contributed by atoms with E-state index in [1.54, 1.807) is 29.8 Å². The molecule has 6 heteroatoms. The van der Waals surface area contributed by atoms with Crippen molar-refractivity contribution in [3.8, 4) is 0 Å². The number of benzene rings is 3. The van der Waals surface area contributed by atoms with Crippen LogP contribution in [0.4, 0.5) is 0 Å². The van der Waals surface area contributed by atoms with Crippen molar-refractivity contribution in [3.05, 3.63) is 106 Å². The number of carbonyl (C=O) groups excluding carboxylic acids is 2. The highest BCUT2D eigenvalue weighted by atomic mass is 35.5. The number of hydrogen-bond acceptors (Lipinski definition) is 3. The predicted octanol–water partition coefficient (Wildman–Crippen LogP) is 5.27. The summed E-state index contributed by atoms with van der Waals surface area (Å²) in [4.78, 5) is 28.0. The molecule has 3 rings (SSSR count). The molecule has 33 heavy (non-hydrogen) atoms. The molecule has 0 saturated heterocycles. The molecule has 0 bridgehead atoms. The summed E-state index contributed by atoms with van der Waals surface area (Å²) >= 11 is 7.74. The molecule has 0 radical (unpaired) electrons. The van der Waals surface area contributed by atoms with Crippen molar-refractivity contribution in [1.82, 2.24) is 10.2 Å². The van der Waals surface area contributed by atoms with Crippen LogP contribution >= 0.6 is 23.4 Å². The number of hydrogen-bond donors (Lipinski definition) is 1. The van der Waals surface area contributed by atoms with Gasteiger partial charge in [0.05, 0.1) is 5.75 Å². The Labute approximate surface area is 205 Å². The number of rotatable bonds is 10. The molecule has 3 aromatic carbocycles. The molecule has 0 aliphatic heterocycles. The van der Waals surface area contributed by atoms with Crippen LogP contribution in [0.15, 0.2) is 78.9 Å². The van der Waals surface area contributed by atoms with Gasteiger partial charge in [-0.15, -0.1) is 11.8 Å². The molecule has 1 unspecified atom stereocenters. The molecule has 0 aliphatic carbocycles. The fourth-order valence-electron chi connectivity index (χ4n) is 3.58. The van der Waals surface area contributed by atoms with Gasteiger partial charge in [-0.2, -0.15) is 0 Å². The number of nitrogens with zero attached hydrogens (tertiary/aromatic N) is 1. The van der Waals surface area contributed by atoms with Crippen molar-refractivity contribution in [2.24, 2.45) is 0 Å². The first-order valence-electron chi connectivity index (χ1n) is 10.9. The Morgan fingerprint density at radius 1 is 0.939 bits per heavy atom. The van der Waals surface area contributed by atoms with E-state index < -0.39 is 6.04 Å². The summed E-state index contributed by atoms with van der Waals surface area (Å²) in [6.07, 6.45) is 0.440. The second-order valence-electron chi connectivity index (χ2n) is 7.95. The fraction of sp³-hybridized carbons (Fsp3) is 0.259. The van der Waals surface area contributed by atoms with Gasteiger partial charge in [0.1, 0.15) is 6.04 Å². The van der Waals surface area contributed by atoms with Gasteiger partial charge < -0.3 is 10.2 Å². The minimum absolute atomic E-state index is 0.0726. The number of nitrogens with one attached hydrogen (secondary N) is 1. The van der Waals surface area contributed by atoms with E-state index in [0.29, 0.717) is 18.0 Å². The first kappa shape index (κ1) is 24.9. The maximum Gasteiger partial charge on any atom is 0.242 e. The molecule has 2 amide bonds. The van der Waals surface area contributed by atoms with Gasteiger partial charge in [0.25, 0.3) is 0 Å². The lowest BCUT2D eigenvalue weighted by Gasteiger charge is -2.31. The zero-order valence-corrected chi connectivity index (χ0v) is 20.5. The average Bonchev–Trinajstić information content (AvgIpc) is 2.82. The lowest BCUT2D eigenvalue weighted by molar-refractivity contribution is -0.139. The predicted molar refractivity (Wildman–Crippen MR) is 137 cm³/mol. The van der Waals surface area contributed by atoms with Crippen molar-refractivity contribution < 1.29 is 9.59 Å². The van der Waals surface area contributed by atoms with Crippen LogP contribution in [-0.4, -0.2) is 35.6 Å². The van der Waals surface area contributed by atoms with Gasteiger partial charge >= 0.3 is 0 Å². The lowest BCUT2D eigenvalue weighted by atomic mass is 10.0. The largest absolute Gasteiger partial charge is 0.357 e. The van der Waals surface area contributed by atoms with Gasteiger partial charge in [0.2, 0.25) is 11.8 Å². The highest BCUT2D eigenvalue weighted by molar-refractivity contribution is 7.99. The summed E-state index contributed by atoms with van der Waals surface area (Å²) in [7, 11) is 1.61. The van der Waals surface area contributed by atoms with E-state index in [1.165, 1.54) is 11.1 Å². The van der Waals surface area contributed by atoms with E-state index in [0.717, 1.165) is 16.9 Å². The van der Waals surface area contributed by atoms with Crippen molar-refractivity contribution in [2.45, 2.75) is 31.7 Å². The Morgan fingerprint density at radius 3 is 2.30 bits per heavy atom. The quantitative estimate of drug-likeness (QED) is 0.430. The van der Waals surface area contributed by atoms with Crippen LogP contribution < -0.4 is 5.32 Å². The topological polar surface area (TPSA) is 49.4 Å². The normalized spacial score (nSPS) is 11.6. The van der Waals surface area contributed by atoms with E-state index in [4.69, 9.17) is 11.6 Å². The Bertz CT molecular complexity index is 1060. The van der Waals surface area contributed by atoms with Gasteiger partial charge in [-0.25, -0.2) is 0 Å². The van der Waals surface area contributed by atoms with E-state index in [9.17, 15) is 9.59 Å². The monoisotopic (exact) mass is 480 g/mol. The van der Waals surface area contributed by atoms with Crippen molar-refractivity contribution in [3.63, 3.8) is 0 Å². The average molecular weight is 481 g/mol. The Hall–Kier alpha value is -2.76. The van der Waals surface area contributed by atoms with Crippen LogP contribution in [0.1, 0.15) is 22.3 Å². The SMILES string of the molecule is CNC(=O)C(Cc1ccccc1)N(Cc1cccc(Cl)c1)C(=O)CSCc1ccc(C)cc1. The molecule has 0 saturated carbocycles. The minimum Gasteiger partial charge on any atom is -0.357 e. The van der Waals surface area contributed by atoms with Crippen LogP contribution in [-0.2, 0) is 28.3 Å². The third-order valence-electron chi connectivity index (χ3n) is 5.37. The van der Waals surface area contributed by atoms with Gasteiger partial charge in [-0.3, -0.25) is 9.59 Å². The zero-order valence-electron chi connectivity index (χ0n) is 19.0. The van der Waals surface area contributed by atoms with Crippen LogP contribution in [0, 0.1) is 6.92 Å². The Balaban J connectivity index is 1.80. The number of aryl methyl sites for hydroxylation is 1. The Kier molecular flexibility index (Phi) is 9.40. The first-order chi connectivity index (χ1) is 16.0. The zero-order chi connectivity index (χ0) is 23.6. The molecule has 4 nitrogen and oxygen atoms in total. The van der Waals surface area contributed by atoms with E-state index in [-0.39, 0.29) is 17.6 Å². The third-order valence-corrected chi connectivity index (χ3v) is 6.60. The summed E-state index contributed by atoms with van der Waals surface area (Å²) in [5.41, 5.74) is 4.28. The smallest absolute Gasteiger partial charge is 0.242 e. The molecule has 0 spiro atoms. The highest BCUT2D eigenvalue weighted by Gasteiger charge is 2.29. The van der Waals surface area contributed by atoms with Crippen molar-refractivity contribution >= 4 is 35.2 Å². The van der Waals surface area contributed by atoms with Crippen LogP contribution in [0.3, 0.4) is 0 Å². The summed E-state index contributed by atoms with van der Waals surface area (Å²) in [6, 6.07) is 24.9. The highest BCUT2D eigenvalue weighted by Crippen LogP contribution is 2.20. The van der Waals surface area contributed by atoms with E-state index in [2.05, 4.69) is 36.5 Å². The lowest BCUT2D eigenvalue weighted by Crippen LogP contribution is -2.50. The summed E-state index contributed by atoms with van der Waals surface area (Å²) in [5, 5.41) is 3.34. The van der Waals surface area contributed by atoms with Gasteiger partial charge in [0, 0.05) is 30.8 Å². The molecular formula is C27H29ClN2O2S. The molecule has 0 fully saturated rings. The minimum atomic E-state index is -0.621. The summed E-state index contributed by atoms with van der Waals surface area (Å²) < 4.78 is 0. The van der Waals surface area contributed by atoms with Gasteiger partial charge in [-0.1, -0.05) is 83.9 Å².